The maximum absolute atomic E-state index is 5.15. The van der Waals surface area contributed by atoms with Gasteiger partial charge in [0.15, 0.2) is 5.84 Å². The first kappa shape index (κ1) is 33.3. The van der Waals surface area contributed by atoms with Crippen molar-refractivity contribution in [3.8, 4) is 33.4 Å². The van der Waals surface area contributed by atoms with Gasteiger partial charge in [-0.05, 0) is 92.1 Å². The summed E-state index contributed by atoms with van der Waals surface area (Å²) in [7, 11) is 0. The van der Waals surface area contributed by atoms with Gasteiger partial charge in [-0.3, -0.25) is 0 Å². The highest BCUT2D eigenvalue weighted by molar-refractivity contribution is 6.22. The van der Waals surface area contributed by atoms with Crippen LogP contribution in [0.25, 0.3) is 54.9 Å². The van der Waals surface area contributed by atoms with Crippen LogP contribution in [0.5, 0.6) is 0 Å². The molecule has 1 atom stereocenters. The van der Waals surface area contributed by atoms with Gasteiger partial charge >= 0.3 is 0 Å². The molecule has 2 aliphatic rings. The first-order valence-corrected chi connectivity index (χ1v) is 18.8. The summed E-state index contributed by atoms with van der Waals surface area (Å²) < 4.78 is 0. The van der Waals surface area contributed by atoms with Gasteiger partial charge in [0.1, 0.15) is 12.0 Å². The Morgan fingerprint density at radius 2 is 1.25 bits per heavy atom. The van der Waals surface area contributed by atoms with E-state index in [9.17, 15) is 0 Å². The van der Waals surface area contributed by atoms with Gasteiger partial charge < -0.3 is 5.32 Å². The first-order chi connectivity index (χ1) is 25.6. The SMILES string of the molecule is CC(C)CC/C=C\CC1=NC(c2ccc(-c3c4ccccc4c(-c4ccccc4-c4ccccc4)c4ccccc34)cc2)=NC(C2=CCCC=C2)N1. The first-order valence-electron chi connectivity index (χ1n) is 18.8. The lowest BCUT2D eigenvalue weighted by molar-refractivity contribution is 0.594. The predicted molar refractivity (Wildman–Crippen MR) is 223 cm³/mol. The third-order valence-corrected chi connectivity index (χ3v) is 10.2. The molecular formula is C49H45N3. The van der Waals surface area contributed by atoms with Crippen LogP contribution in [0.15, 0.2) is 173 Å². The van der Waals surface area contributed by atoms with Crippen LogP contribution >= 0.6 is 0 Å². The molecule has 0 aromatic heterocycles. The van der Waals surface area contributed by atoms with Crippen LogP contribution in [-0.2, 0) is 0 Å². The molecule has 1 aliphatic heterocycles. The summed E-state index contributed by atoms with van der Waals surface area (Å²) in [6, 6.07) is 46.2. The van der Waals surface area contributed by atoms with E-state index in [4.69, 9.17) is 9.98 Å². The molecule has 3 heteroatoms. The average molecular weight is 676 g/mol. The van der Waals surface area contributed by atoms with Gasteiger partial charge in [0.05, 0.1) is 0 Å². The number of hydrogen-bond acceptors (Lipinski definition) is 3. The molecule has 0 radical (unpaired) electrons. The molecule has 1 aliphatic carbocycles. The van der Waals surface area contributed by atoms with Gasteiger partial charge in [-0.15, -0.1) is 0 Å². The fourth-order valence-electron chi connectivity index (χ4n) is 7.57. The van der Waals surface area contributed by atoms with Gasteiger partial charge in [-0.1, -0.05) is 172 Å². The molecule has 8 rings (SSSR count). The Bertz CT molecular complexity index is 2320. The van der Waals surface area contributed by atoms with E-state index in [1.165, 1.54) is 66.9 Å². The van der Waals surface area contributed by atoms with Crippen molar-refractivity contribution in [1.29, 1.82) is 0 Å². The normalized spacial score (nSPS) is 15.9. The molecule has 256 valence electrons. The number of amidine groups is 2. The summed E-state index contributed by atoms with van der Waals surface area (Å²) in [6.45, 7) is 4.55. The van der Waals surface area contributed by atoms with Gasteiger partial charge in [0.2, 0.25) is 0 Å². The zero-order valence-electron chi connectivity index (χ0n) is 30.1. The van der Waals surface area contributed by atoms with E-state index in [0.29, 0.717) is 5.92 Å². The molecule has 0 saturated carbocycles. The molecule has 0 fully saturated rings. The molecule has 6 aromatic carbocycles. The van der Waals surface area contributed by atoms with Crippen molar-refractivity contribution in [3.05, 3.63) is 169 Å². The van der Waals surface area contributed by atoms with Gasteiger partial charge in [-0.25, -0.2) is 9.98 Å². The molecule has 6 aromatic rings. The van der Waals surface area contributed by atoms with E-state index in [2.05, 4.69) is 177 Å². The maximum Gasteiger partial charge on any atom is 0.159 e. The number of hydrogen-bond donors (Lipinski definition) is 1. The lowest BCUT2D eigenvalue weighted by Gasteiger charge is -2.24. The number of nitrogens with one attached hydrogen (secondary N) is 1. The largest absolute Gasteiger partial charge is 0.348 e. The molecule has 0 spiro atoms. The molecule has 0 saturated heterocycles. The number of rotatable bonds is 10. The second kappa shape index (κ2) is 15.2. The highest BCUT2D eigenvalue weighted by Gasteiger charge is 2.22. The fourth-order valence-corrected chi connectivity index (χ4v) is 7.57. The molecular weight excluding hydrogens is 631 g/mol. The lowest BCUT2D eigenvalue weighted by atomic mass is 9.84. The zero-order valence-corrected chi connectivity index (χ0v) is 30.1. The summed E-state index contributed by atoms with van der Waals surface area (Å²) in [6.07, 6.45) is 16.4. The Morgan fingerprint density at radius 3 is 1.90 bits per heavy atom. The summed E-state index contributed by atoms with van der Waals surface area (Å²) in [5.74, 6) is 2.45. The average Bonchev–Trinajstić information content (AvgIpc) is 3.20. The molecule has 0 bridgehead atoms. The van der Waals surface area contributed by atoms with E-state index < -0.39 is 0 Å². The van der Waals surface area contributed by atoms with Gasteiger partial charge in [-0.2, -0.15) is 0 Å². The van der Waals surface area contributed by atoms with Gasteiger partial charge in [0, 0.05) is 12.0 Å². The predicted octanol–water partition coefficient (Wildman–Crippen LogP) is 12.7. The van der Waals surface area contributed by atoms with Crippen molar-refractivity contribution in [2.24, 2.45) is 15.9 Å². The zero-order chi connectivity index (χ0) is 35.3. The van der Waals surface area contributed by atoms with Crippen LogP contribution in [0.3, 0.4) is 0 Å². The number of aliphatic imine (C=N–C) groups is 2. The highest BCUT2D eigenvalue weighted by Crippen LogP contribution is 2.46. The van der Waals surface area contributed by atoms with Crippen molar-refractivity contribution in [2.45, 2.75) is 52.1 Å². The number of fused-ring (bicyclic) bond motifs is 2. The van der Waals surface area contributed by atoms with Crippen LogP contribution in [-0.4, -0.2) is 17.8 Å². The molecule has 1 N–H and O–H groups in total. The van der Waals surface area contributed by atoms with E-state index in [0.717, 1.165) is 42.9 Å². The Balaban J connectivity index is 1.21. The molecule has 52 heavy (non-hydrogen) atoms. The van der Waals surface area contributed by atoms with Crippen molar-refractivity contribution in [2.75, 3.05) is 0 Å². The Labute approximate surface area is 307 Å². The van der Waals surface area contributed by atoms with Crippen LogP contribution < -0.4 is 5.32 Å². The maximum atomic E-state index is 5.15. The quantitative estimate of drug-likeness (QED) is 0.114. The van der Waals surface area contributed by atoms with Crippen molar-refractivity contribution >= 4 is 33.2 Å². The molecule has 1 heterocycles. The molecule has 1 unspecified atom stereocenters. The monoisotopic (exact) mass is 675 g/mol. The third-order valence-electron chi connectivity index (χ3n) is 10.2. The summed E-state index contributed by atoms with van der Waals surface area (Å²) >= 11 is 0. The minimum atomic E-state index is -0.137. The second-order valence-electron chi connectivity index (χ2n) is 14.2. The smallest absolute Gasteiger partial charge is 0.159 e. The Hall–Kier alpha value is -5.80. The fraction of sp³-hybridized carbons (Fsp3) is 0.184. The Kier molecular flexibility index (Phi) is 9.75. The van der Waals surface area contributed by atoms with E-state index in [1.807, 2.05) is 0 Å². The van der Waals surface area contributed by atoms with Crippen LogP contribution in [0.4, 0.5) is 0 Å². The van der Waals surface area contributed by atoms with Crippen LogP contribution in [0.1, 0.15) is 51.5 Å². The van der Waals surface area contributed by atoms with Crippen LogP contribution in [0, 0.1) is 5.92 Å². The Morgan fingerprint density at radius 1 is 0.635 bits per heavy atom. The molecule has 0 amide bonds. The summed E-state index contributed by atoms with van der Waals surface area (Å²) in [4.78, 5) is 10.2. The standard InChI is InChI=1S/C49H45N3/c1-34(2)18-6-3-11-29-45-50-48(37-21-9-5-10-22-37)52-49(51-45)38-32-30-36(31-33-38)46-41-25-14-16-27-43(41)47(44-28-17-15-26-42(44)46)40-24-13-12-23-39(40)35-19-7-4-8-20-35/h3-4,7-9,11-17,19-28,30-34,48H,5-6,10,18,29H2,1-2H3,(H,50,51,52)/b11-3-. The number of benzene rings is 6. The second-order valence-corrected chi connectivity index (χ2v) is 14.2. The lowest BCUT2D eigenvalue weighted by Crippen LogP contribution is -2.39. The number of allylic oxidation sites excluding steroid dienone is 3. The van der Waals surface area contributed by atoms with Crippen molar-refractivity contribution in [1.82, 2.24) is 5.32 Å². The van der Waals surface area contributed by atoms with E-state index in [1.54, 1.807) is 0 Å². The van der Waals surface area contributed by atoms with Crippen molar-refractivity contribution < 1.29 is 0 Å². The number of nitrogens with zero attached hydrogens (tertiary/aromatic N) is 2. The molecule has 3 nitrogen and oxygen atoms in total. The van der Waals surface area contributed by atoms with Crippen LogP contribution in [0.2, 0.25) is 0 Å². The van der Waals surface area contributed by atoms with Gasteiger partial charge in [0.25, 0.3) is 0 Å². The van der Waals surface area contributed by atoms with E-state index in [-0.39, 0.29) is 6.17 Å². The third kappa shape index (κ3) is 6.92. The van der Waals surface area contributed by atoms with Crippen molar-refractivity contribution in [3.63, 3.8) is 0 Å². The van der Waals surface area contributed by atoms with E-state index >= 15 is 0 Å². The topological polar surface area (TPSA) is 36.8 Å². The summed E-state index contributed by atoms with van der Waals surface area (Å²) in [5, 5.41) is 8.61. The summed E-state index contributed by atoms with van der Waals surface area (Å²) in [5.41, 5.74) is 9.64. The minimum absolute atomic E-state index is 0.137. The minimum Gasteiger partial charge on any atom is -0.348 e. The highest BCUT2D eigenvalue weighted by atomic mass is 15.2.